The smallest absolute Gasteiger partial charge is 0.407 e. The maximum Gasteiger partial charge on any atom is 0.407 e. The van der Waals surface area contributed by atoms with Crippen molar-refractivity contribution in [3.63, 3.8) is 0 Å². The standard InChI is InChI=1S/C18H19FN2.C5H11NO3/c1-18-9-3-2-4-14(18)10-17-13(11-18)12-20-21(17)16-7-5-15(19)6-8-16;1-6(5(8)9)3-2-4-7/h5-8,10,12H,2-4,9,11H2,1H3;7H,2-4H2,1H3,(H,8,9). The summed E-state index contributed by atoms with van der Waals surface area (Å²) < 4.78 is 15.0. The lowest BCUT2D eigenvalue weighted by Crippen LogP contribution is -2.28. The fraction of sp³-hybridized carbons (Fsp3) is 0.478. The molecule has 2 aliphatic carbocycles. The first-order valence-electron chi connectivity index (χ1n) is 10.4. The van der Waals surface area contributed by atoms with Crippen molar-refractivity contribution >= 4 is 12.2 Å². The first kappa shape index (κ1) is 22.0. The lowest BCUT2D eigenvalue weighted by Gasteiger charge is -2.39. The second-order valence-electron chi connectivity index (χ2n) is 8.34. The van der Waals surface area contributed by atoms with Crippen LogP contribution in [0.4, 0.5) is 9.18 Å². The predicted octanol–water partition coefficient (Wildman–Crippen LogP) is 4.51. The number of rotatable bonds is 4. The van der Waals surface area contributed by atoms with E-state index in [0.717, 1.165) is 17.0 Å². The Bertz CT molecular complexity index is 907. The summed E-state index contributed by atoms with van der Waals surface area (Å²) in [5.74, 6) is -0.210. The van der Waals surface area contributed by atoms with Gasteiger partial charge in [-0.3, -0.25) is 0 Å². The fourth-order valence-corrected chi connectivity index (χ4v) is 4.20. The third-order valence-corrected chi connectivity index (χ3v) is 6.03. The second-order valence-corrected chi connectivity index (χ2v) is 8.34. The van der Waals surface area contributed by atoms with Crippen molar-refractivity contribution in [1.29, 1.82) is 0 Å². The van der Waals surface area contributed by atoms with Gasteiger partial charge in [0.25, 0.3) is 0 Å². The minimum atomic E-state index is -0.955. The van der Waals surface area contributed by atoms with Crippen molar-refractivity contribution in [3.05, 3.63) is 53.1 Å². The first-order valence-corrected chi connectivity index (χ1v) is 10.4. The van der Waals surface area contributed by atoms with Gasteiger partial charge in [-0.25, -0.2) is 13.9 Å². The molecule has 1 fully saturated rings. The summed E-state index contributed by atoms with van der Waals surface area (Å²) in [7, 11) is 1.47. The Kier molecular flexibility index (Phi) is 6.92. The van der Waals surface area contributed by atoms with Gasteiger partial charge in [0, 0.05) is 20.2 Å². The van der Waals surface area contributed by atoms with Crippen LogP contribution in [0.2, 0.25) is 0 Å². The summed E-state index contributed by atoms with van der Waals surface area (Å²) >= 11 is 0. The molecular formula is C23H30FN3O3. The van der Waals surface area contributed by atoms with E-state index >= 15 is 0 Å². The van der Waals surface area contributed by atoms with E-state index in [9.17, 15) is 9.18 Å². The Balaban J connectivity index is 0.000000244. The molecule has 1 aromatic carbocycles. The van der Waals surface area contributed by atoms with E-state index in [1.807, 2.05) is 10.9 Å². The monoisotopic (exact) mass is 415 g/mol. The third-order valence-electron chi connectivity index (χ3n) is 6.03. The number of aromatic nitrogens is 2. The van der Waals surface area contributed by atoms with Gasteiger partial charge in [0.15, 0.2) is 0 Å². The molecule has 2 aromatic rings. The molecule has 0 spiro atoms. The van der Waals surface area contributed by atoms with E-state index in [-0.39, 0.29) is 12.4 Å². The summed E-state index contributed by atoms with van der Waals surface area (Å²) in [6.45, 7) is 2.82. The molecule has 1 unspecified atom stereocenters. The summed E-state index contributed by atoms with van der Waals surface area (Å²) in [6, 6.07) is 6.56. The molecule has 1 atom stereocenters. The van der Waals surface area contributed by atoms with Gasteiger partial charge in [-0.2, -0.15) is 5.10 Å². The van der Waals surface area contributed by atoms with Crippen molar-refractivity contribution in [2.45, 2.75) is 45.4 Å². The number of hydrogen-bond acceptors (Lipinski definition) is 3. The molecule has 7 heteroatoms. The van der Waals surface area contributed by atoms with Gasteiger partial charge in [-0.05, 0) is 73.4 Å². The summed E-state index contributed by atoms with van der Waals surface area (Å²) in [6.07, 6.45) is 10.0. The fourth-order valence-electron chi connectivity index (χ4n) is 4.20. The number of amides is 1. The van der Waals surface area contributed by atoms with Gasteiger partial charge in [0.05, 0.1) is 17.6 Å². The van der Waals surface area contributed by atoms with Crippen molar-refractivity contribution in [2.24, 2.45) is 5.41 Å². The Hall–Kier alpha value is -2.67. The topological polar surface area (TPSA) is 78.6 Å². The van der Waals surface area contributed by atoms with Crippen LogP contribution in [0, 0.1) is 11.2 Å². The molecule has 0 saturated heterocycles. The molecule has 0 bridgehead atoms. The van der Waals surface area contributed by atoms with Gasteiger partial charge in [-0.1, -0.05) is 18.9 Å². The summed E-state index contributed by atoms with van der Waals surface area (Å²) in [4.78, 5) is 11.2. The van der Waals surface area contributed by atoms with Gasteiger partial charge >= 0.3 is 6.09 Å². The number of halogens is 1. The number of carboxylic acid groups (broad SMARTS) is 1. The second kappa shape index (κ2) is 9.43. The molecule has 6 nitrogen and oxygen atoms in total. The number of aliphatic hydroxyl groups is 1. The van der Waals surface area contributed by atoms with Crippen LogP contribution < -0.4 is 0 Å². The van der Waals surface area contributed by atoms with Gasteiger partial charge in [0.2, 0.25) is 0 Å². The van der Waals surface area contributed by atoms with Crippen molar-refractivity contribution in [1.82, 2.24) is 14.7 Å². The van der Waals surface area contributed by atoms with Gasteiger partial charge in [0.1, 0.15) is 5.82 Å². The zero-order valence-electron chi connectivity index (χ0n) is 17.6. The van der Waals surface area contributed by atoms with Gasteiger partial charge in [-0.15, -0.1) is 0 Å². The number of allylic oxidation sites excluding steroid dienone is 1. The average molecular weight is 416 g/mol. The first-order chi connectivity index (χ1) is 14.3. The van der Waals surface area contributed by atoms with E-state index in [0.29, 0.717) is 18.4 Å². The molecule has 0 aliphatic heterocycles. The number of hydrogen-bond donors (Lipinski definition) is 2. The number of nitrogens with zero attached hydrogens (tertiary/aromatic N) is 3. The van der Waals surface area contributed by atoms with Crippen LogP contribution in [0.25, 0.3) is 11.8 Å². The normalized spacial score (nSPS) is 19.7. The molecule has 1 aromatic heterocycles. The maximum atomic E-state index is 13.1. The highest BCUT2D eigenvalue weighted by atomic mass is 19.1. The Labute approximate surface area is 176 Å². The van der Waals surface area contributed by atoms with Crippen LogP contribution in [0.5, 0.6) is 0 Å². The van der Waals surface area contributed by atoms with E-state index in [1.165, 1.54) is 56.1 Å². The van der Waals surface area contributed by atoms with Crippen LogP contribution in [0.1, 0.15) is 50.3 Å². The summed E-state index contributed by atoms with van der Waals surface area (Å²) in [5.41, 5.74) is 5.30. The lowest BCUT2D eigenvalue weighted by molar-refractivity contribution is 0.152. The zero-order valence-corrected chi connectivity index (χ0v) is 17.6. The third kappa shape index (κ3) is 4.90. The molecular weight excluding hydrogens is 385 g/mol. The van der Waals surface area contributed by atoms with Crippen molar-refractivity contribution in [2.75, 3.05) is 20.2 Å². The molecule has 0 radical (unpaired) electrons. The van der Waals surface area contributed by atoms with E-state index < -0.39 is 6.09 Å². The number of fused-ring (bicyclic) bond motifs is 2. The highest BCUT2D eigenvalue weighted by Crippen LogP contribution is 2.47. The molecule has 1 saturated carbocycles. The predicted molar refractivity (Wildman–Crippen MR) is 114 cm³/mol. The summed E-state index contributed by atoms with van der Waals surface area (Å²) in [5, 5.41) is 21.1. The van der Waals surface area contributed by atoms with Crippen LogP contribution in [0.15, 0.2) is 36.0 Å². The van der Waals surface area contributed by atoms with E-state index in [1.54, 1.807) is 17.7 Å². The van der Waals surface area contributed by atoms with Crippen LogP contribution in [-0.2, 0) is 6.42 Å². The largest absolute Gasteiger partial charge is 0.465 e. The molecule has 2 aliphatic rings. The SMILES string of the molecule is CC12CCCCC1=Cc1c(cnn1-c1ccc(F)cc1)C2.CN(CCCO)C(=O)O. The van der Waals surface area contributed by atoms with Crippen LogP contribution in [-0.4, -0.2) is 51.2 Å². The molecule has 30 heavy (non-hydrogen) atoms. The quantitative estimate of drug-likeness (QED) is 0.770. The number of carbonyl (C=O) groups is 1. The zero-order chi connectivity index (χ0) is 21.7. The van der Waals surface area contributed by atoms with Crippen molar-refractivity contribution < 1.29 is 19.4 Å². The van der Waals surface area contributed by atoms with Crippen LogP contribution in [0.3, 0.4) is 0 Å². The van der Waals surface area contributed by atoms with Crippen molar-refractivity contribution in [3.8, 4) is 5.69 Å². The molecule has 4 rings (SSSR count). The molecule has 1 amide bonds. The minimum absolute atomic E-state index is 0.0393. The molecule has 2 N–H and O–H groups in total. The van der Waals surface area contributed by atoms with E-state index in [2.05, 4.69) is 18.1 Å². The lowest BCUT2D eigenvalue weighted by atomic mass is 9.66. The average Bonchev–Trinajstić information content (AvgIpc) is 3.12. The van der Waals surface area contributed by atoms with Gasteiger partial charge < -0.3 is 15.1 Å². The highest BCUT2D eigenvalue weighted by Gasteiger charge is 2.36. The Morgan fingerprint density at radius 1 is 1.30 bits per heavy atom. The molecule has 1 heterocycles. The molecule has 162 valence electrons. The maximum absolute atomic E-state index is 13.1. The van der Waals surface area contributed by atoms with Crippen LogP contribution >= 0.6 is 0 Å². The highest BCUT2D eigenvalue weighted by molar-refractivity contribution is 5.64. The number of aliphatic hydroxyl groups excluding tert-OH is 1. The van der Waals surface area contributed by atoms with E-state index in [4.69, 9.17) is 10.2 Å². The Morgan fingerprint density at radius 2 is 2.03 bits per heavy atom. The minimum Gasteiger partial charge on any atom is -0.465 e. The Morgan fingerprint density at radius 3 is 2.70 bits per heavy atom. The number of benzene rings is 1.